The van der Waals surface area contributed by atoms with E-state index in [0.717, 1.165) is 23.1 Å². The van der Waals surface area contributed by atoms with E-state index in [1.165, 1.54) is 0 Å². The third kappa shape index (κ3) is 4.50. The van der Waals surface area contributed by atoms with E-state index in [4.69, 9.17) is 11.6 Å². The van der Waals surface area contributed by atoms with Gasteiger partial charge in [-0.1, -0.05) is 33.8 Å². The Morgan fingerprint density at radius 2 is 1.74 bits per heavy atom. The maximum atomic E-state index is 11.3. The molecule has 0 amide bonds. The van der Waals surface area contributed by atoms with Gasteiger partial charge in [0.25, 0.3) is 5.69 Å². The monoisotopic (exact) mass is 283 g/mol. The summed E-state index contributed by atoms with van der Waals surface area (Å²) in [7, 11) is 0. The molecule has 0 N–H and O–H groups in total. The van der Waals surface area contributed by atoms with Crippen molar-refractivity contribution in [3.8, 4) is 0 Å². The number of nitro groups is 1. The molecule has 19 heavy (non-hydrogen) atoms. The Hall–Kier alpha value is -1.09. The average molecular weight is 284 g/mol. The minimum Gasteiger partial charge on any atom is -0.258 e. The molecule has 0 aliphatic heterocycles. The Bertz CT molecular complexity index is 456. The van der Waals surface area contributed by atoms with Crippen LogP contribution in [0.3, 0.4) is 0 Å². The van der Waals surface area contributed by atoms with Gasteiger partial charge in [-0.25, -0.2) is 0 Å². The standard InChI is InChI=1S/C15H22ClNO2/c1-10(2)5-12-7-13(9-16)14(6-11(3)4)15(8-12)17(18)19/h7-8,10-11H,5-6,9H2,1-4H3. The third-order valence-corrected chi connectivity index (χ3v) is 3.26. The van der Waals surface area contributed by atoms with Gasteiger partial charge in [0.05, 0.1) is 4.92 Å². The van der Waals surface area contributed by atoms with Crippen molar-refractivity contribution in [1.82, 2.24) is 0 Å². The fourth-order valence-corrected chi connectivity index (χ4v) is 2.53. The Labute approximate surface area is 120 Å². The van der Waals surface area contributed by atoms with Crippen LogP contribution >= 0.6 is 11.6 Å². The summed E-state index contributed by atoms with van der Waals surface area (Å²) in [4.78, 5) is 11.0. The maximum Gasteiger partial charge on any atom is 0.273 e. The summed E-state index contributed by atoms with van der Waals surface area (Å²) in [5, 5.41) is 11.3. The molecule has 4 heteroatoms. The van der Waals surface area contributed by atoms with Gasteiger partial charge >= 0.3 is 0 Å². The summed E-state index contributed by atoms with van der Waals surface area (Å²) in [5.74, 6) is 1.17. The van der Waals surface area contributed by atoms with Crippen LogP contribution in [0.5, 0.6) is 0 Å². The number of rotatable bonds is 6. The van der Waals surface area contributed by atoms with Crippen molar-refractivity contribution in [2.75, 3.05) is 0 Å². The van der Waals surface area contributed by atoms with Gasteiger partial charge in [0.15, 0.2) is 0 Å². The highest BCUT2D eigenvalue weighted by atomic mass is 35.5. The molecule has 1 aromatic rings. The molecule has 3 nitrogen and oxygen atoms in total. The molecule has 0 saturated carbocycles. The number of benzene rings is 1. The molecular weight excluding hydrogens is 262 g/mol. The minimum atomic E-state index is -0.280. The fourth-order valence-electron chi connectivity index (χ4n) is 2.30. The Morgan fingerprint density at radius 1 is 1.16 bits per heavy atom. The lowest BCUT2D eigenvalue weighted by atomic mass is 9.92. The average Bonchev–Trinajstić information content (AvgIpc) is 2.28. The van der Waals surface area contributed by atoms with Crippen molar-refractivity contribution in [3.63, 3.8) is 0 Å². The number of halogens is 1. The van der Waals surface area contributed by atoms with Gasteiger partial charge in [0.1, 0.15) is 0 Å². The molecule has 106 valence electrons. The lowest BCUT2D eigenvalue weighted by Gasteiger charge is -2.13. The van der Waals surface area contributed by atoms with Gasteiger partial charge in [0.2, 0.25) is 0 Å². The molecular formula is C15H22ClNO2. The predicted octanol–water partition coefficient (Wildman–Crippen LogP) is 4.73. The number of hydrogen-bond acceptors (Lipinski definition) is 2. The second kappa shape index (κ2) is 6.90. The Balaban J connectivity index is 3.31. The van der Waals surface area contributed by atoms with Gasteiger partial charge in [0, 0.05) is 17.5 Å². The van der Waals surface area contributed by atoms with Crippen molar-refractivity contribution in [3.05, 3.63) is 38.9 Å². The van der Waals surface area contributed by atoms with Crippen LogP contribution in [0.15, 0.2) is 12.1 Å². The van der Waals surface area contributed by atoms with Gasteiger partial charge in [-0.15, -0.1) is 11.6 Å². The Kier molecular flexibility index (Phi) is 5.80. The lowest BCUT2D eigenvalue weighted by molar-refractivity contribution is -0.385. The quantitative estimate of drug-likeness (QED) is 0.430. The third-order valence-electron chi connectivity index (χ3n) is 2.98. The molecule has 0 saturated heterocycles. The van der Waals surface area contributed by atoms with E-state index in [-0.39, 0.29) is 10.6 Å². The van der Waals surface area contributed by atoms with E-state index in [9.17, 15) is 10.1 Å². The van der Waals surface area contributed by atoms with Crippen LogP contribution in [0.4, 0.5) is 5.69 Å². The fraction of sp³-hybridized carbons (Fsp3) is 0.600. The number of hydrogen-bond donors (Lipinski definition) is 0. The minimum absolute atomic E-state index is 0.225. The number of nitrogens with zero attached hydrogens (tertiary/aromatic N) is 1. The molecule has 0 bridgehead atoms. The van der Waals surface area contributed by atoms with Crippen molar-refractivity contribution in [2.24, 2.45) is 11.8 Å². The summed E-state index contributed by atoms with van der Waals surface area (Å²) in [6.07, 6.45) is 1.53. The van der Waals surface area contributed by atoms with Crippen molar-refractivity contribution in [2.45, 2.75) is 46.4 Å². The molecule has 1 rings (SSSR count). The number of nitro benzene ring substituents is 1. The van der Waals surface area contributed by atoms with Gasteiger partial charge < -0.3 is 0 Å². The predicted molar refractivity (Wildman–Crippen MR) is 79.7 cm³/mol. The molecule has 0 aromatic heterocycles. The number of alkyl halides is 1. The summed E-state index contributed by atoms with van der Waals surface area (Å²) >= 11 is 5.98. The molecule has 0 radical (unpaired) electrons. The first-order valence-electron chi connectivity index (χ1n) is 6.70. The molecule has 0 unspecified atom stereocenters. The van der Waals surface area contributed by atoms with E-state index in [0.29, 0.717) is 24.1 Å². The SMILES string of the molecule is CC(C)Cc1cc(CCl)c(CC(C)C)c([N+](=O)[O-])c1. The topological polar surface area (TPSA) is 43.1 Å². The zero-order valence-corrected chi connectivity index (χ0v) is 12.8. The van der Waals surface area contributed by atoms with Crippen LogP contribution in [0.1, 0.15) is 44.4 Å². The van der Waals surface area contributed by atoms with Crippen molar-refractivity contribution in [1.29, 1.82) is 0 Å². The van der Waals surface area contributed by atoms with Crippen LogP contribution in [0.2, 0.25) is 0 Å². The summed E-state index contributed by atoms with van der Waals surface area (Å²) < 4.78 is 0. The lowest BCUT2D eigenvalue weighted by Crippen LogP contribution is -2.06. The molecule has 0 heterocycles. The molecule has 0 fully saturated rings. The van der Waals surface area contributed by atoms with E-state index in [1.807, 2.05) is 6.07 Å². The highest BCUT2D eigenvalue weighted by Crippen LogP contribution is 2.29. The largest absolute Gasteiger partial charge is 0.273 e. The van der Waals surface area contributed by atoms with Crippen LogP contribution in [0.25, 0.3) is 0 Å². The first kappa shape index (κ1) is 16.0. The van der Waals surface area contributed by atoms with E-state index in [1.54, 1.807) is 6.07 Å². The summed E-state index contributed by atoms with van der Waals surface area (Å²) in [6.45, 7) is 8.33. The molecule has 0 aliphatic rings. The smallest absolute Gasteiger partial charge is 0.258 e. The summed E-state index contributed by atoms with van der Waals surface area (Å²) in [5.41, 5.74) is 2.93. The Morgan fingerprint density at radius 3 is 2.16 bits per heavy atom. The molecule has 0 aliphatic carbocycles. The summed E-state index contributed by atoms with van der Waals surface area (Å²) in [6, 6.07) is 3.74. The first-order valence-corrected chi connectivity index (χ1v) is 7.23. The van der Waals surface area contributed by atoms with E-state index in [2.05, 4.69) is 27.7 Å². The normalized spacial score (nSPS) is 11.3. The van der Waals surface area contributed by atoms with E-state index >= 15 is 0 Å². The second-order valence-corrected chi connectivity index (χ2v) is 6.11. The van der Waals surface area contributed by atoms with Gasteiger partial charge in [-0.2, -0.15) is 0 Å². The first-order chi connectivity index (χ1) is 8.85. The molecule has 0 spiro atoms. The van der Waals surface area contributed by atoms with E-state index < -0.39 is 0 Å². The van der Waals surface area contributed by atoms with Crippen LogP contribution in [0, 0.1) is 22.0 Å². The molecule has 1 aromatic carbocycles. The molecule has 0 atom stereocenters. The van der Waals surface area contributed by atoms with Gasteiger partial charge in [-0.3, -0.25) is 10.1 Å². The van der Waals surface area contributed by atoms with Crippen molar-refractivity contribution >= 4 is 17.3 Å². The zero-order valence-electron chi connectivity index (χ0n) is 12.1. The van der Waals surface area contributed by atoms with Crippen LogP contribution in [-0.2, 0) is 18.7 Å². The second-order valence-electron chi connectivity index (χ2n) is 5.84. The maximum absolute atomic E-state index is 11.3. The van der Waals surface area contributed by atoms with Crippen LogP contribution < -0.4 is 0 Å². The van der Waals surface area contributed by atoms with Crippen LogP contribution in [-0.4, -0.2) is 4.92 Å². The highest BCUT2D eigenvalue weighted by molar-refractivity contribution is 6.17. The van der Waals surface area contributed by atoms with Gasteiger partial charge in [-0.05, 0) is 35.8 Å². The van der Waals surface area contributed by atoms with Crippen molar-refractivity contribution < 1.29 is 4.92 Å². The highest BCUT2D eigenvalue weighted by Gasteiger charge is 2.20. The zero-order chi connectivity index (χ0) is 14.6.